The number of hydrogen-bond acceptors (Lipinski definition) is 2. The van der Waals surface area contributed by atoms with E-state index < -0.39 is 5.82 Å². The third-order valence-electron chi connectivity index (χ3n) is 2.80. The summed E-state index contributed by atoms with van der Waals surface area (Å²) in [6.07, 6.45) is 0.646. The van der Waals surface area contributed by atoms with Gasteiger partial charge in [-0.15, -0.1) is 0 Å². The van der Waals surface area contributed by atoms with E-state index in [4.69, 9.17) is 22.1 Å². The number of nitrogens with two attached hydrogens (primary N) is 1. The number of aryl methyl sites for hydroxylation is 1. The second-order valence-electron chi connectivity index (χ2n) is 4.32. The van der Waals surface area contributed by atoms with Gasteiger partial charge < -0.3 is 10.5 Å². The summed E-state index contributed by atoms with van der Waals surface area (Å²) in [5.41, 5.74) is 7.20. The first-order valence-electron chi connectivity index (χ1n) is 6.02. The minimum atomic E-state index is -0.398. The molecule has 0 atom stereocenters. The van der Waals surface area contributed by atoms with Crippen molar-refractivity contribution in [2.24, 2.45) is 5.73 Å². The zero-order chi connectivity index (χ0) is 13.8. The van der Waals surface area contributed by atoms with Gasteiger partial charge in [-0.3, -0.25) is 0 Å². The maximum atomic E-state index is 13.9. The quantitative estimate of drug-likeness (QED) is 0.915. The maximum absolute atomic E-state index is 13.9. The lowest BCUT2D eigenvalue weighted by Crippen LogP contribution is -2.03. The van der Waals surface area contributed by atoms with E-state index in [0.717, 1.165) is 11.1 Å². The zero-order valence-electron chi connectivity index (χ0n) is 10.6. The largest absolute Gasteiger partial charge is 0.454 e. The van der Waals surface area contributed by atoms with Crippen LogP contribution in [-0.4, -0.2) is 6.54 Å². The molecule has 0 aliphatic heterocycles. The van der Waals surface area contributed by atoms with E-state index in [9.17, 15) is 4.39 Å². The van der Waals surface area contributed by atoms with Crippen molar-refractivity contribution < 1.29 is 9.13 Å². The Bertz CT molecular complexity index is 586. The third kappa shape index (κ3) is 3.46. The SMILES string of the molecule is Cc1ccc(Cl)cc1Oc1ccc(CCN)cc1F. The van der Waals surface area contributed by atoms with Gasteiger partial charge in [0.1, 0.15) is 5.75 Å². The molecule has 2 aromatic rings. The molecule has 0 saturated heterocycles. The van der Waals surface area contributed by atoms with Crippen molar-refractivity contribution in [3.63, 3.8) is 0 Å². The van der Waals surface area contributed by atoms with E-state index in [0.29, 0.717) is 23.7 Å². The van der Waals surface area contributed by atoms with E-state index >= 15 is 0 Å². The summed E-state index contributed by atoms with van der Waals surface area (Å²) in [6.45, 7) is 2.37. The van der Waals surface area contributed by atoms with Crippen molar-refractivity contribution in [3.8, 4) is 11.5 Å². The van der Waals surface area contributed by atoms with Gasteiger partial charge in [-0.25, -0.2) is 4.39 Å². The second-order valence-corrected chi connectivity index (χ2v) is 4.75. The minimum Gasteiger partial charge on any atom is -0.454 e. The second kappa shape index (κ2) is 6.04. The predicted molar refractivity (Wildman–Crippen MR) is 75.4 cm³/mol. The Morgan fingerprint density at radius 1 is 1.16 bits per heavy atom. The van der Waals surface area contributed by atoms with Gasteiger partial charge in [-0.2, -0.15) is 0 Å². The number of benzene rings is 2. The van der Waals surface area contributed by atoms with Crippen LogP contribution >= 0.6 is 11.6 Å². The lowest BCUT2D eigenvalue weighted by Gasteiger charge is -2.10. The summed E-state index contributed by atoms with van der Waals surface area (Å²) < 4.78 is 19.5. The summed E-state index contributed by atoms with van der Waals surface area (Å²) >= 11 is 5.90. The van der Waals surface area contributed by atoms with Crippen molar-refractivity contribution in [1.82, 2.24) is 0 Å². The highest BCUT2D eigenvalue weighted by Crippen LogP contribution is 2.29. The Morgan fingerprint density at radius 3 is 2.63 bits per heavy atom. The van der Waals surface area contributed by atoms with Crippen molar-refractivity contribution in [3.05, 3.63) is 58.4 Å². The van der Waals surface area contributed by atoms with Crippen LogP contribution in [0.1, 0.15) is 11.1 Å². The Kier molecular flexibility index (Phi) is 4.40. The van der Waals surface area contributed by atoms with Gasteiger partial charge in [0.05, 0.1) is 0 Å². The van der Waals surface area contributed by atoms with Crippen LogP contribution in [0.3, 0.4) is 0 Å². The lowest BCUT2D eigenvalue weighted by atomic mass is 10.1. The van der Waals surface area contributed by atoms with Crippen LogP contribution in [0.15, 0.2) is 36.4 Å². The van der Waals surface area contributed by atoms with Gasteiger partial charge in [-0.05, 0) is 55.3 Å². The normalized spacial score (nSPS) is 10.5. The van der Waals surface area contributed by atoms with Crippen LogP contribution < -0.4 is 10.5 Å². The average Bonchev–Trinajstić information content (AvgIpc) is 2.37. The molecule has 0 amide bonds. The highest BCUT2D eigenvalue weighted by atomic mass is 35.5. The lowest BCUT2D eigenvalue weighted by molar-refractivity contribution is 0.439. The molecule has 2 nitrogen and oxygen atoms in total. The van der Waals surface area contributed by atoms with E-state index in [1.807, 2.05) is 19.1 Å². The van der Waals surface area contributed by atoms with Crippen LogP contribution in [0.2, 0.25) is 5.02 Å². The molecular weight excluding hydrogens is 265 g/mol. The van der Waals surface area contributed by atoms with Gasteiger partial charge in [0, 0.05) is 5.02 Å². The summed E-state index contributed by atoms with van der Waals surface area (Å²) in [5, 5.41) is 0.556. The Balaban J connectivity index is 2.25. The highest BCUT2D eigenvalue weighted by molar-refractivity contribution is 6.30. The molecule has 0 fully saturated rings. The van der Waals surface area contributed by atoms with Crippen LogP contribution in [0.4, 0.5) is 4.39 Å². The molecule has 0 aliphatic carbocycles. The Hall–Kier alpha value is -1.58. The number of rotatable bonds is 4. The molecule has 0 radical (unpaired) electrons. The fourth-order valence-electron chi connectivity index (χ4n) is 1.75. The van der Waals surface area contributed by atoms with Gasteiger partial charge in [0.25, 0.3) is 0 Å². The van der Waals surface area contributed by atoms with Crippen LogP contribution in [-0.2, 0) is 6.42 Å². The molecule has 0 spiro atoms. The zero-order valence-corrected chi connectivity index (χ0v) is 11.4. The molecule has 2 rings (SSSR count). The monoisotopic (exact) mass is 279 g/mol. The number of halogens is 2. The summed E-state index contributed by atoms with van der Waals surface area (Å²) in [6, 6.07) is 10.1. The first-order valence-corrected chi connectivity index (χ1v) is 6.40. The van der Waals surface area contributed by atoms with E-state index in [1.54, 1.807) is 18.2 Å². The van der Waals surface area contributed by atoms with Gasteiger partial charge in [0.2, 0.25) is 0 Å². The molecule has 19 heavy (non-hydrogen) atoms. The van der Waals surface area contributed by atoms with E-state index in [1.165, 1.54) is 6.07 Å². The summed E-state index contributed by atoms with van der Waals surface area (Å²) in [4.78, 5) is 0. The van der Waals surface area contributed by atoms with Gasteiger partial charge in [-0.1, -0.05) is 23.7 Å². The average molecular weight is 280 g/mol. The number of hydrogen-bond donors (Lipinski definition) is 1. The molecule has 4 heteroatoms. The smallest absolute Gasteiger partial charge is 0.165 e. The molecule has 0 heterocycles. The molecule has 0 aromatic heterocycles. The number of ether oxygens (including phenoxy) is 1. The molecule has 0 bridgehead atoms. The fourth-order valence-corrected chi connectivity index (χ4v) is 1.91. The Labute approximate surface area is 117 Å². The molecule has 0 saturated carbocycles. The first-order chi connectivity index (χ1) is 9.10. The highest BCUT2D eigenvalue weighted by Gasteiger charge is 2.08. The minimum absolute atomic E-state index is 0.186. The maximum Gasteiger partial charge on any atom is 0.165 e. The molecule has 0 aliphatic rings. The summed E-state index contributed by atoms with van der Waals surface area (Å²) in [5.74, 6) is 0.342. The Morgan fingerprint density at radius 2 is 1.95 bits per heavy atom. The van der Waals surface area contributed by atoms with E-state index in [-0.39, 0.29) is 5.75 Å². The summed E-state index contributed by atoms with van der Waals surface area (Å²) in [7, 11) is 0. The van der Waals surface area contributed by atoms with Crippen molar-refractivity contribution >= 4 is 11.6 Å². The molecule has 2 N–H and O–H groups in total. The van der Waals surface area contributed by atoms with Crippen molar-refractivity contribution in [1.29, 1.82) is 0 Å². The standard InChI is InChI=1S/C15H15ClFNO/c1-10-2-4-12(16)9-15(10)19-14-5-3-11(6-7-18)8-13(14)17/h2-5,8-9H,6-7,18H2,1H3. The van der Waals surface area contributed by atoms with Gasteiger partial charge >= 0.3 is 0 Å². The predicted octanol–water partition coefficient (Wildman–Crippen LogP) is 4.08. The molecule has 2 aromatic carbocycles. The topological polar surface area (TPSA) is 35.2 Å². The van der Waals surface area contributed by atoms with Crippen LogP contribution in [0.5, 0.6) is 11.5 Å². The molecule has 100 valence electrons. The van der Waals surface area contributed by atoms with Crippen molar-refractivity contribution in [2.75, 3.05) is 6.54 Å². The van der Waals surface area contributed by atoms with Crippen molar-refractivity contribution in [2.45, 2.75) is 13.3 Å². The van der Waals surface area contributed by atoms with E-state index in [2.05, 4.69) is 0 Å². The molecular formula is C15H15ClFNO. The van der Waals surface area contributed by atoms with Crippen LogP contribution in [0.25, 0.3) is 0 Å². The fraction of sp³-hybridized carbons (Fsp3) is 0.200. The van der Waals surface area contributed by atoms with Crippen LogP contribution in [0, 0.1) is 12.7 Å². The molecule has 0 unspecified atom stereocenters. The third-order valence-corrected chi connectivity index (χ3v) is 3.03. The first kappa shape index (κ1) is 13.8. The van der Waals surface area contributed by atoms with Gasteiger partial charge in [0.15, 0.2) is 11.6 Å².